The molecule has 0 atom stereocenters. The van der Waals surface area contributed by atoms with Gasteiger partial charge < -0.3 is 5.32 Å². The molecule has 0 saturated heterocycles. The number of hydrogen-bond donors (Lipinski definition) is 2. The number of nitrogens with zero attached hydrogens (tertiary/aromatic N) is 1. The fourth-order valence-electron chi connectivity index (χ4n) is 1.70. The Morgan fingerprint density at radius 2 is 2.05 bits per heavy atom. The standard InChI is InChI=1S/C14H16ClN3O2S/c1-2-16-9-11-6-7-14(17-10-11)21(19,20)18-13-5-3-4-12(15)8-13/h3-8,10,16,18H,2,9H2,1H3. The Labute approximate surface area is 129 Å². The topological polar surface area (TPSA) is 71.1 Å². The van der Waals surface area contributed by atoms with Gasteiger partial charge in [0, 0.05) is 17.8 Å². The maximum atomic E-state index is 12.2. The first-order chi connectivity index (χ1) is 10.0. The number of halogens is 1. The number of pyridine rings is 1. The molecule has 1 heterocycles. The highest BCUT2D eigenvalue weighted by Crippen LogP contribution is 2.18. The molecule has 2 rings (SSSR count). The van der Waals surface area contributed by atoms with Crippen LogP contribution in [0.2, 0.25) is 5.02 Å². The van der Waals surface area contributed by atoms with Crippen molar-refractivity contribution in [2.45, 2.75) is 18.5 Å². The van der Waals surface area contributed by atoms with Crippen LogP contribution in [0.4, 0.5) is 5.69 Å². The van der Waals surface area contributed by atoms with Crippen LogP contribution in [0, 0.1) is 0 Å². The summed E-state index contributed by atoms with van der Waals surface area (Å²) in [5.41, 5.74) is 1.33. The van der Waals surface area contributed by atoms with Gasteiger partial charge in [0.1, 0.15) is 0 Å². The van der Waals surface area contributed by atoms with Crippen molar-refractivity contribution in [2.24, 2.45) is 0 Å². The monoisotopic (exact) mass is 325 g/mol. The van der Waals surface area contributed by atoms with Gasteiger partial charge >= 0.3 is 0 Å². The number of sulfonamides is 1. The minimum Gasteiger partial charge on any atom is -0.313 e. The molecular formula is C14H16ClN3O2S. The molecule has 0 aliphatic heterocycles. The number of anilines is 1. The number of nitrogens with one attached hydrogen (secondary N) is 2. The van der Waals surface area contributed by atoms with E-state index >= 15 is 0 Å². The van der Waals surface area contributed by atoms with E-state index in [-0.39, 0.29) is 5.03 Å². The smallest absolute Gasteiger partial charge is 0.279 e. The van der Waals surface area contributed by atoms with Crippen molar-refractivity contribution < 1.29 is 8.42 Å². The van der Waals surface area contributed by atoms with Crippen molar-refractivity contribution in [3.05, 3.63) is 53.2 Å². The lowest BCUT2D eigenvalue weighted by Gasteiger charge is -2.08. The first-order valence-electron chi connectivity index (χ1n) is 6.45. The number of rotatable bonds is 6. The molecule has 0 radical (unpaired) electrons. The summed E-state index contributed by atoms with van der Waals surface area (Å²) >= 11 is 5.83. The van der Waals surface area contributed by atoms with Gasteiger partial charge in [0.2, 0.25) is 0 Å². The van der Waals surface area contributed by atoms with Crippen molar-refractivity contribution in [3.63, 3.8) is 0 Å². The van der Waals surface area contributed by atoms with Gasteiger partial charge in [0.05, 0.1) is 5.69 Å². The van der Waals surface area contributed by atoms with E-state index in [1.54, 1.807) is 36.5 Å². The third-order valence-electron chi connectivity index (χ3n) is 2.73. The van der Waals surface area contributed by atoms with Gasteiger partial charge in [-0.2, -0.15) is 8.42 Å². The lowest BCUT2D eigenvalue weighted by molar-refractivity contribution is 0.597. The Morgan fingerprint density at radius 1 is 1.24 bits per heavy atom. The van der Waals surface area contributed by atoms with Crippen LogP contribution in [-0.4, -0.2) is 19.9 Å². The van der Waals surface area contributed by atoms with Crippen LogP contribution in [0.3, 0.4) is 0 Å². The van der Waals surface area contributed by atoms with Crippen LogP contribution in [-0.2, 0) is 16.6 Å². The van der Waals surface area contributed by atoms with Crippen molar-refractivity contribution in [1.29, 1.82) is 0 Å². The molecule has 1 aromatic carbocycles. The van der Waals surface area contributed by atoms with Crippen molar-refractivity contribution in [3.8, 4) is 0 Å². The highest BCUT2D eigenvalue weighted by atomic mass is 35.5. The maximum absolute atomic E-state index is 12.2. The van der Waals surface area contributed by atoms with Gasteiger partial charge in [-0.05, 0) is 36.4 Å². The van der Waals surface area contributed by atoms with Crippen LogP contribution in [0.5, 0.6) is 0 Å². The Kier molecular flexibility index (Phi) is 5.17. The summed E-state index contributed by atoms with van der Waals surface area (Å²) in [4.78, 5) is 4.00. The molecule has 0 aliphatic rings. The summed E-state index contributed by atoms with van der Waals surface area (Å²) in [6, 6.07) is 9.74. The molecule has 0 unspecified atom stereocenters. The average Bonchev–Trinajstić information content (AvgIpc) is 2.45. The fraction of sp³-hybridized carbons (Fsp3) is 0.214. The van der Waals surface area contributed by atoms with E-state index in [1.807, 2.05) is 6.92 Å². The predicted octanol–water partition coefficient (Wildman–Crippen LogP) is 2.65. The number of hydrogen-bond acceptors (Lipinski definition) is 4. The Morgan fingerprint density at radius 3 is 2.67 bits per heavy atom. The minimum absolute atomic E-state index is 0.0253. The van der Waals surface area contributed by atoms with Gasteiger partial charge in [-0.1, -0.05) is 30.7 Å². The van der Waals surface area contributed by atoms with E-state index in [2.05, 4.69) is 15.0 Å². The van der Waals surface area contributed by atoms with Crippen molar-refractivity contribution in [2.75, 3.05) is 11.3 Å². The third-order valence-corrected chi connectivity index (χ3v) is 4.26. The lowest BCUT2D eigenvalue weighted by Crippen LogP contribution is -2.15. The second-order valence-electron chi connectivity index (χ2n) is 4.40. The van der Waals surface area contributed by atoms with E-state index in [0.29, 0.717) is 17.3 Å². The highest BCUT2D eigenvalue weighted by molar-refractivity contribution is 7.92. The van der Waals surface area contributed by atoms with Crippen LogP contribution in [0.1, 0.15) is 12.5 Å². The normalized spacial score (nSPS) is 11.3. The van der Waals surface area contributed by atoms with E-state index in [1.165, 1.54) is 6.07 Å². The average molecular weight is 326 g/mol. The molecule has 21 heavy (non-hydrogen) atoms. The molecule has 2 aromatic rings. The summed E-state index contributed by atoms with van der Waals surface area (Å²) < 4.78 is 26.9. The first kappa shape index (κ1) is 15.8. The van der Waals surface area contributed by atoms with Gasteiger partial charge in [0.15, 0.2) is 5.03 Å². The number of aromatic nitrogens is 1. The second-order valence-corrected chi connectivity index (χ2v) is 6.47. The highest BCUT2D eigenvalue weighted by Gasteiger charge is 2.15. The Balaban J connectivity index is 2.15. The predicted molar refractivity (Wildman–Crippen MR) is 83.9 cm³/mol. The summed E-state index contributed by atoms with van der Waals surface area (Å²) in [7, 11) is -3.71. The summed E-state index contributed by atoms with van der Waals surface area (Å²) in [5, 5.41) is 3.59. The molecule has 0 saturated carbocycles. The van der Waals surface area contributed by atoms with Crippen LogP contribution < -0.4 is 10.0 Å². The zero-order valence-corrected chi connectivity index (χ0v) is 13.1. The quantitative estimate of drug-likeness (QED) is 0.856. The molecule has 0 amide bonds. The van der Waals surface area contributed by atoms with Crippen LogP contribution in [0.25, 0.3) is 0 Å². The summed E-state index contributed by atoms with van der Waals surface area (Å²) in [5.74, 6) is 0. The molecule has 112 valence electrons. The SMILES string of the molecule is CCNCc1ccc(S(=O)(=O)Nc2cccc(Cl)c2)nc1. The molecule has 1 aromatic heterocycles. The summed E-state index contributed by atoms with van der Waals surface area (Å²) in [6.45, 7) is 3.50. The third kappa shape index (κ3) is 4.42. The number of benzene rings is 1. The molecule has 0 bridgehead atoms. The van der Waals surface area contributed by atoms with Crippen LogP contribution >= 0.6 is 11.6 Å². The van der Waals surface area contributed by atoms with Crippen LogP contribution in [0.15, 0.2) is 47.6 Å². The molecule has 0 aliphatic carbocycles. The van der Waals surface area contributed by atoms with Gasteiger partial charge in [0.25, 0.3) is 10.0 Å². The molecular weight excluding hydrogens is 310 g/mol. The van der Waals surface area contributed by atoms with Gasteiger partial charge in [-0.15, -0.1) is 0 Å². The van der Waals surface area contributed by atoms with E-state index in [4.69, 9.17) is 11.6 Å². The Hall–Kier alpha value is -1.63. The van der Waals surface area contributed by atoms with Crippen molar-refractivity contribution in [1.82, 2.24) is 10.3 Å². The lowest BCUT2D eigenvalue weighted by atomic mass is 10.3. The maximum Gasteiger partial charge on any atom is 0.279 e. The van der Waals surface area contributed by atoms with E-state index in [0.717, 1.165) is 12.1 Å². The Bertz CT molecular complexity index is 702. The van der Waals surface area contributed by atoms with Gasteiger partial charge in [-0.25, -0.2) is 4.98 Å². The molecule has 5 nitrogen and oxygen atoms in total. The zero-order chi connectivity index (χ0) is 15.3. The molecule has 7 heteroatoms. The first-order valence-corrected chi connectivity index (χ1v) is 8.31. The van der Waals surface area contributed by atoms with E-state index < -0.39 is 10.0 Å². The molecule has 0 fully saturated rings. The molecule has 2 N–H and O–H groups in total. The second kappa shape index (κ2) is 6.89. The van der Waals surface area contributed by atoms with E-state index in [9.17, 15) is 8.42 Å². The fourth-order valence-corrected chi connectivity index (χ4v) is 2.87. The van der Waals surface area contributed by atoms with Crippen molar-refractivity contribution >= 4 is 27.3 Å². The largest absolute Gasteiger partial charge is 0.313 e. The molecule has 0 spiro atoms. The summed E-state index contributed by atoms with van der Waals surface area (Å²) in [6.07, 6.45) is 1.55. The zero-order valence-electron chi connectivity index (χ0n) is 11.5. The van der Waals surface area contributed by atoms with Gasteiger partial charge in [-0.3, -0.25) is 4.72 Å². The minimum atomic E-state index is -3.71.